The first kappa shape index (κ1) is 10.8. The van der Waals surface area contributed by atoms with Gasteiger partial charge in [0.15, 0.2) is 0 Å². The van der Waals surface area contributed by atoms with Crippen molar-refractivity contribution in [3.63, 3.8) is 0 Å². The summed E-state index contributed by atoms with van der Waals surface area (Å²) >= 11 is 0. The maximum Gasteiger partial charge on any atom is 0.0723 e. The number of aromatic nitrogens is 1. The molecule has 0 aliphatic rings. The van der Waals surface area contributed by atoms with Gasteiger partial charge in [-0.1, -0.05) is 35.9 Å². The first-order chi connectivity index (χ1) is 8.74. The number of aryl methyl sites for hydroxylation is 1. The van der Waals surface area contributed by atoms with Gasteiger partial charge in [-0.05, 0) is 36.2 Å². The van der Waals surface area contributed by atoms with Gasteiger partial charge >= 0.3 is 0 Å². The second-order valence-electron chi connectivity index (χ2n) is 4.50. The zero-order valence-corrected chi connectivity index (χ0v) is 10.2. The Labute approximate surface area is 106 Å². The van der Waals surface area contributed by atoms with E-state index < -0.39 is 0 Å². The minimum Gasteiger partial charge on any atom is -0.398 e. The van der Waals surface area contributed by atoms with E-state index in [2.05, 4.69) is 48.3 Å². The summed E-state index contributed by atoms with van der Waals surface area (Å²) in [5.74, 6) is 0. The lowest BCUT2D eigenvalue weighted by Crippen LogP contribution is -1.89. The monoisotopic (exact) mass is 234 g/mol. The average molecular weight is 234 g/mol. The predicted molar refractivity (Wildman–Crippen MR) is 76.3 cm³/mol. The number of nitrogen functional groups attached to an aromatic ring is 1. The van der Waals surface area contributed by atoms with Gasteiger partial charge in [0, 0.05) is 17.3 Å². The molecule has 2 N–H and O–H groups in total. The molecule has 1 heterocycles. The summed E-state index contributed by atoms with van der Waals surface area (Å²) in [5, 5.41) is 1.01. The Balaban J connectivity index is 2.18. The van der Waals surface area contributed by atoms with Crippen LogP contribution in [0.15, 0.2) is 54.7 Å². The molecule has 88 valence electrons. The van der Waals surface area contributed by atoms with Crippen molar-refractivity contribution >= 4 is 16.6 Å². The molecule has 1 aromatic heterocycles. The Bertz CT molecular complexity index is 700. The van der Waals surface area contributed by atoms with Crippen LogP contribution in [0.3, 0.4) is 0 Å². The first-order valence-electron chi connectivity index (χ1n) is 5.95. The summed E-state index contributed by atoms with van der Waals surface area (Å²) in [6, 6.07) is 16.5. The Morgan fingerprint density at radius 1 is 0.889 bits per heavy atom. The molecule has 0 radical (unpaired) electrons. The van der Waals surface area contributed by atoms with Gasteiger partial charge in [0.2, 0.25) is 0 Å². The van der Waals surface area contributed by atoms with Gasteiger partial charge in [-0.15, -0.1) is 0 Å². The molecule has 0 aliphatic carbocycles. The van der Waals surface area contributed by atoms with Crippen LogP contribution in [0.2, 0.25) is 0 Å². The van der Waals surface area contributed by atoms with Crippen molar-refractivity contribution in [2.24, 2.45) is 0 Å². The van der Waals surface area contributed by atoms with E-state index in [1.807, 2.05) is 12.1 Å². The third-order valence-electron chi connectivity index (χ3n) is 3.16. The van der Waals surface area contributed by atoms with E-state index in [0.717, 1.165) is 16.6 Å². The molecule has 0 fully saturated rings. The summed E-state index contributed by atoms with van der Waals surface area (Å²) in [4.78, 5) is 4.31. The smallest absolute Gasteiger partial charge is 0.0723 e. The van der Waals surface area contributed by atoms with E-state index in [1.165, 1.54) is 16.7 Å². The molecular weight excluding hydrogens is 220 g/mol. The highest BCUT2D eigenvalue weighted by atomic mass is 14.7. The standard InChI is InChI=1S/C16H14N2/c1-11-2-4-12(5-3-11)13-6-7-16-14(10-13)15(17)8-9-18-16/h2-10H,1H3,(H2,17,18). The Morgan fingerprint density at radius 2 is 1.61 bits per heavy atom. The van der Waals surface area contributed by atoms with Crippen LogP contribution in [-0.4, -0.2) is 4.98 Å². The van der Waals surface area contributed by atoms with Crippen molar-refractivity contribution in [2.45, 2.75) is 6.92 Å². The molecule has 0 saturated carbocycles. The largest absolute Gasteiger partial charge is 0.398 e. The third kappa shape index (κ3) is 1.82. The quantitative estimate of drug-likeness (QED) is 0.695. The number of nitrogens with two attached hydrogens (primary N) is 1. The van der Waals surface area contributed by atoms with Crippen LogP contribution in [0.1, 0.15) is 5.56 Å². The molecule has 3 aromatic rings. The number of benzene rings is 2. The number of rotatable bonds is 1. The second-order valence-corrected chi connectivity index (χ2v) is 4.50. The van der Waals surface area contributed by atoms with Crippen LogP contribution in [0, 0.1) is 6.92 Å². The Hall–Kier alpha value is -2.35. The molecule has 3 rings (SSSR count). The van der Waals surface area contributed by atoms with Gasteiger partial charge < -0.3 is 5.73 Å². The highest BCUT2D eigenvalue weighted by Gasteiger charge is 2.02. The van der Waals surface area contributed by atoms with Crippen LogP contribution >= 0.6 is 0 Å². The van der Waals surface area contributed by atoms with Gasteiger partial charge in [0.25, 0.3) is 0 Å². The Morgan fingerprint density at radius 3 is 2.39 bits per heavy atom. The summed E-state index contributed by atoms with van der Waals surface area (Å²) < 4.78 is 0. The minimum atomic E-state index is 0.772. The molecule has 2 heteroatoms. The van der Waals surface area contributed by atoms with Crippen molar-refractivity contribution in [1.29, 1.82) is 0 Å². The topological polar surface area (TPSA) is 38.9 Å². The molecule has 0 aliphatic heterocycles. The van der Waals surface area contributed by atoms with Crippen molar-refractivity contribution in [2.75, 3.05) is 5.73 Å². The normalized spacial score (nSPS) is 10.7. The molecular formula is C16H14N2. The van der Waals surface area contributed by atoms with Crippen molar-refractivity contribution < 1.29 is 0 Å². The van der Waals surface area contributed by atoms with Gasteiger partial charge in [-0.25, -0.2) is 0 Å². The number of hydrogen-bond acceptors (Lipinski definition) is 2. The van der Waals surface area contributed by atoms with Crippen molar-refractivity contribution in [3.8, 4) is 11.1 Å². The molecule has 2 aromatic carbocycles. The molecule has 0 atom stereocenters. The zero-order chi connectivity index (χ0) is 12.5. The van der Waals surface area contributed by atoms with Crippen molar-refractivity contribution in [1.82, 2.24) is 4.98 Å². The lowest BCUT2D eigenvalue weighted by atomic mass is 10.0. The van der Waals surface area contributed by atoms with Gasteiger partial charge in [0.05, 0.1) is 5.52 Å². The van der Waals surface area contributed by atoms with E-state index in [1.54, 1.807) is 6.20 Å². The van der Waals surface area contributed by atoms with E-state index in [0.29, 0.717) is 0 Å². The summed E-state index contributed by atoms with van der Waals surface area (Å²) in [6.07, 6.45) is 1.74. The summed E-state index contributed by atoms with van der Waals surface area (Å²) in [7, 11) is 0. The van der Waals surface area contributed by atoms with Crippen molar-refractivity contribution in [3.05, 3.63) is 60.3 Å². The van der Waals surface area contributed by atoms with Crippen LogP contribution < -0.4 is 5.73 Å². The number of nitrogens with zero attached hydrogens (tertiary/aromatic N) is 1. The van der Waals surface area contributed by atoms with Crippen LogP contribution in [-0.2, 0) is 0 Å². The SMILES string of the molecule is Cc1ccc(-c2ccc3nccc(N)c3c2)cc1. The van der Waals surface area contributed by atoms with Crippen LogP contribution in [0.5, 0.6) is 0 Å². The molecule has 0 spiro atoms. The first-order valence-corrected chi connectivity index (χ1v) is 5.95. The van der Waals surface area contributed by atoms with E-state index >= 15 is 0 Å². The summed E-state index contributed by atoms with van der Waals surface area (Å²) in [6.45, 7) is 2.09. The van der Waals surface area contributed by atoms with E-state index in [9.17, 15) is 0 Å². The summed E-state index contributed by atoms with van der Waals surface area (Å²) in [5.41, 5.74) is 11.3. The number of anilines is 1. The van der Waals surface area contributed by atoms with E-state index in [-0.39, 0.29) is 0 Å². The fraction of sp³-hybridized carbons (Fsp3) is 0.0625. The molecule has 18 heavy (non-hydrogen) atoms. The zero-order valence-electron chi connectivity index (χ0n) is 10.2. The molecule has 2 nitrogen and oxygen atoms in total. The lowest BCUT2D eigenvalue weighted by Gasteiger charge is -2.06. The molecule has 0 saturated heterocycles. The maximum absolute atomic E-state index is 5.99. The maximum atomic E-state index is 5.99. The third-order valence-corrected chi connectivity index (χ3v) is 3.16. The molecule has 0 bridgehead atoms. The van der Waals surface area contributed by atoms with E-state index in [4.69, 9.17) is 5.73 Å². The van der Waals surface area contributed by atoms with Gasteiger partial charge in [-0.3, -0.25) is 4.98 Å². The number of fused-ring (bicyclic) bond motifs is 1. The van der Waals surface area contributed by atoms with Crippen LogP contribution in [0.4, 0.5) is 5.69 Å². The highest BCUT2D eigenvalue weighted by Crippen LogP contribution is 2.26. The highest BCUT2D eigenvalue weighted by molar-refractivity contribution is 5.93. The predicted octanol–water partition coefficient (Wildman–Crippen LogP) is 3.79. The second kappa shape index (κ2) is 4.15. The molecule has 0 amide bonds. The molecule has 0 unspecified atom stereocenters. The Kier molecular flexibility index (Phi) is 2.49. The fourth-order valence-corrected chi connectivity index (χ4v) is 2.09. The van der Waals surface area contributed by atoms with Crippen LogP contribution in [0.25, 0.3) is 22.0 Å². The number of hydrogen-bond donors (Lipinski definition) is 1. The fourth-order valence-electron chi connectivity index (χ4n) is 2.09. The number of pyridine rings is 1. The average Bonchev–Trinajstić information content (AvgIpc) is 2.40. The van der Waals surface area contributed by atoms with Gasteiger partial charge in [0.1, 0.15) is 0 Å². The van der Waals surface area contributed by atoms with Gasteiger partial charge in [-0.2, -0.15) is 0 Å². The minimum absolute atomic E-state index is 0.772. The lowest BCUT2D eigenvalue weighted by molar-refractivity contribution is 1.41.